The Hall–Kier alpha value is -0.970. The highest BCUT2D eigenvalue weighted by molar-refractivity contribution is 5.81. The molecule has 2 atom stereocenters. The Balaban J connectivity index is 2.37. The van der Waals surface area contributed by atoms with Crippen LogP contribution in [-0.4, -0.2) is 24.4 Å². The second-order valence-corrected chi connectivity index (χ2v) is 3.22. The minimum absolute atomic E-state index is 0.204. The van der Waals surface area contributed by atoms with Crippen LogP contribution < -0.4 is 0 Å². The molecule has 0 aliphatic heterocycles. The average Bonchev–Trinajstić information content (AvgIpc) is 2.66. The first-order chi connectivity index (χ1) is 5.16. The maximum atomic E-state index is 11.3. The van der Waals surface area contributed by atoms with Gasteiger partial charge in [0.2, 0.25) is 5.91 Å². The Kier molecular flexibility index (Phi) is 2.19. The van der Waals surface area contributed by atoms with Gasteiger partial charge in [-0.3, -0.25) is 4.79 Å². The highest BCUT2D eigenvalue weighted by atomic mass is 16.2. The van der Waals surface area contributed by atoms with Crippen molar-refractivity contribution in [1.82, 2.24) is 4.90 Å². The summed E-state index contributed by atoms with van der Waals surface area (Å²) in [6, 6.07) is 0. The maximum Gasteiger partial charge on any atom is 0.226 e. The molecule has 0 saturated heterocycles. The lowest BCUT2D eigenvalue weighted by atomic mass is 10.3. The highest BCUT2D eigenvalue weighted by Crippen LogP contribution is 2.38. The Labute approximate surface area is 67.6 Å². The van der Waals surface area contributed by atoms with Gasteiger partial charge in [0.05, 0.1) is 6.54 Å². The fraction of sp³-hybridized carbons (Fsp3) is 0.667. The van der Waals surface area contributed by atoms with Gasteiger partial charge in [-0.25, -0.2) is 0 Å². The van der Waals surface area contributed by atoms with E-state index in [4.69, 9.17) is 6.42 Å². The van der Waals surface area contributed by atoms with Crippen molar-refractivity contribution in [2.45, 2.75) is 13.3 Å². The van der Waals surface area contributed by atoms with Gasteiger partial charge in [-0.2, -0.15) is 0 Å². The molecular formula is C9H13NO. The van der Waals surface area contributed by atoms with Crippen LogP contribution in [0, 0.1) is 24.2 Å². The lowest BCUT2D eigenvalue weighted by Gasteiger charge is -2.12. The molecule has 60 valence electrons. The van der Waals surface area contributed by atoms with Crippen molar-refractivity contribution < 1.29 is 4.79 Å². The van der Waals surface area contributed by atoms with Crippen molar-refractivity contribution in [2.24, 2.45) is 11.8 Å². The van der Waals surface area contributed by atoms with Crippen molar-refractivity contribution in [3.05, 3.63) is 0 Å². The van der Waals surface area contributed by atoms with Gasteiger partial charge in [-0.1, -0.05) is 12.8 Å². The molecule has 0 heterocycles. The molecule has 0 spiro atoms. The number of rotatable bonds is 2. The van der Waals surface area contributed by atoms with Crippen LogP contribution in [0.1, 0.15) is 13.3 Å². The molecular weight excluding hydrogens is 138 g/mol. The molecule has 1 rings (SSSR count). The Bertz CT molecular complexity index is 204. The van der Waals surface area contributed by atoms with Crippen molar-refractivity contribution in [3.63, 3.8) is 0 Å². The average molecular weight is 151 g/mol. The van der Waals surface area contributed by atoms with Crippen LogP contribution >= 0.6 is 0 Å². The van der Waals surface area contributed by atoms with E-state index in [1.54, 1.807) is 11.9 Å². The van der Waals surface area contributed by atoms with Gasteiger partial charge in [0, 0.05) is 13.0 Å². The van der Waals surface area contributed by atoms with Gasteiger partial charge in [-0.05, 0) is 12.3 Å². The zero-order valence-corrected chi connectivity index (χ0v) is 7.00. The molecule has 2 heteroatoms. The fourth-order valence-corrected chi connectivity index (χ4v) is 1.16. The quantitative estimate of drug-likeness (QED) is 0.533. The van der Waals surface area contributed by atoms with E-state index in [2.05, 4.69) is 12.8 Å². The molecule has 1 amide bonds. The van der Waals surface area contributed by atoms with Crippen LogP contribution in [0.3, 0.4) is 0 Å². The van der Waals surface area contributed by atoms with Gasteiger partial charge >= 0.3 is 0 Å². The van der Waals surface area contributed by atoms with Crippen LogP contribution in [0.25, 0.3) is 0 Å². The molecule has 0 bridgehead atoms. The standard InChI is InChI=1S/C9H13NO/c1-4-5-10(3)9(11)8-6-7(8)2/h1,7-8H,5-6H2,2-3H3/t7-,8-/m1/s1. The zero-order valence-electron chi connectivity index (χ0n) is 7.00. The van der Waals surface area contributed by atoms with E-state index in [-0.39, 0.29) is 11.8 Å². The Morgan fingerprint density at radius 1 is 1.82 bits per heavy atom. The summed E-state index contributed by atoms with van der Waals surface area (Å²) >= 11 is 0. The minimum Gasteiger partial charge on any atom is -0.334 e. The summed E-state index contributed by atoms with van der Waals surface area (Å²) in [5.41, 5.74) is 0. The molecule has 1 aliphatic carbocycles. The number of amides is 1. The van der Waals surface area contributed by atoms with Gasteiger partial charge in [0.15, 0.2) is 0 Å². The molecule has 0 N–H and O–H groups in total. The number of hydrogen-bond acceptors (Lipinski definition) is 1. The number of carbonyl (C=O) groups is 1. The van der Waals surface area contributed by atoms with E-state index in [1.165, 1.54) is 0 Å². The SMILES string of the molecule is C#CCN(C)C(=O)[C@@H]1C[C@H]1C. The largest absolute Gasteiger partial charge is 0.334 e. The van der Waals surface area contributed by atoms with E-state index in [1.807, 2.05) is 0 Å². The summed E-state index contributed by atoms with van der Waals surface area (Å²) < 4.78 is 0. The van der Waals surface area contributed by atoms with E-state index in [0.717, 1.165) is 6.42 Å². The van der Waals surface area contributed by atoms with E-state index >= 15 is 0 Å². The topological polar surface area (TPSA) is 20.3 Å². The predicted molar refractivity (Wildman–Crippen MR) is 43.7 cm³/mol. The molecule has 0 unspecified atom stereocenters. The smallest absolute Gasteiger partial charge is 0.226 e. The van der Waals surface area contributed by atoms with Gasteiger partial charge < -0.3 is 4.90 Å². The van der Waals surface area contributed by atoms with Crippen LogP contribution in [0.5, 0.6) is 0 Å². The summed E-state index contributed by atoms with van der Waals surface area (Å²) in [7, 11) is 1.76. The van der Waals surface area contributed by atoms with Gasteiger partial charge in [0.25, 0.3) is 0 Å². The first-order valence-corrected chi connectivity index (χ1v) is 3.85. The normalized spacial score (nSPS) is 27.4. The minimum atomic E-state index is 0.204. The molecule has 0 aromatic rings. The van der Waals surface area contributed by atoms with Crippen molar-refractivity contribution in [1.29, 1.82) is 0 Å². The summed E-state index contributed by atoms with van der Waals surface area (Å²) in [6.07, 6.45) is 6.11. The number of carbonyl (C=O) groups excluding carboxylic acids is 1. The number of terminal acetylenes is 1. The van der Waals surface area contributed by atoms with Crippen LogP contribution in [-0.2, 0) is 4.79 Å². The number of nitrogens with zero attached hydrogens (tertiary/aromatic N) is 1. The molecule has 0 aromatic heterocycles. The third-order valence-corrected chi connectivity index (χ3v) is 2.13. The Morgan fingerprint density at radius 3 is 2.73 bits per heavy atom. The van der Waals surface area contributed by atoms with Gasteiger partial charge in [-0.15, -0.1) is 6.42 Å². The monoisotopic (exact) mass is 151 g/mol. The number of hydrogen-bond donors (Lipinski definition) is 0. The van der Waals surface area contributed by atoms with E-state index < -0.39 is 0 Å². The first-order valence-electron chi connectivity index (χ1n) is 3.85. The van der Waals surface area contributed by atoms with Crippen LogP contribution in [0.2, 0.25) is 0 Å². The third kappa shape index (κ3) is 1.74. The molecule has 11 heavy (non-hydrogen) atoms. The molecule has 0 aromatic carbocycles. The predicted octanol–water partition coefficient (Wildman–Crippen LogP) is 0.734. The molecule has 1 fully saturated rings. The third-order valence-electron chi connectivity index (χ3n) is 2.13. The lowest BCUT2D eigenvalue weighted by molar-refractivity contribution is -0.130. The fourth-order valence-electron chi connectivity index (χ4n) is 1.16. The second kappa shape index (κ2) is 2.96. The highest BCUT2D eigenvalue weighted by Gasteiger charge is 2.40. The van der Waals surface area contributed by atoms with Gasteiger partial charge in [0.1, 0.15) is 0 Å². The Morgan fingerprint density at radius 2 is 2.36 bits per heavy atom. The van der Waals surface area contributed by atoms with Crippen molar-refractivity contribution >= 4 is 5.91 Å². The van der Waals surface area contributed by atoms with E-state index in [9.17, 15) is 4.79 Å². The van der Waals surface area contributed by atoms with Crippen molar-refractivity contribution in [3.8, 4) is 12.3 Å². The van der Waals surface area contributed by atoms with Crippen molar-refractivity contribution in [2.75, 3.05) is 13.6 Å². The first kappa shape index (κ1) is 8.13. The summed E-state index contributed by atoms with van der Waals surface area (Å²) in [6.45, 7) is 2.52. The molecule has 1 aliphatic rings. The van der Waals surface area contributed by atoms with Crippen LogP contribution in [0.4, 0.5) is 0 Å². The molecule has 1 saturated carbocycles. The summed E-state index contributed by atoms with van der Waals surface area (Å²) in [5, 5.41) is 0. The zero-order chi connectivity index (χ0) is 8.43. The second-order valence-electron chi connectivity index (χ2n) is 3.22. The maximum absolute atomic E-state index is 11.3. The summed E-state index contributed by atoms with van der Waals surface area (Å²) in [4.78, 5) is 13.0. The van der Waals surface area contributed by atoms with Crippen LogP contribution in [0.15, 0.2) is 0 Å². The molecule has 2 nitrogen and oxygen atoms in total. The molecule has 0 radical (unpaired) electrons. The summed E-state index contributed by atoms with van der Waals surface area (Å²) in [5.74, 6) is 3.48. The lowest BCUT2D eigenvalue weighted by Crippen LogP contribution is -2.28. The van der Waals surface area contributed by atoms with E-state index in [0.29, 0.717) is 12.5 Å².